The highest BCUT2D eigenvalue weighted by atomic mass is 16.4. The van der Waals surface area contributed by atoms with Crippen LogP contribution in [0.5, 0.6) is 0 Å². The maximum absolute atomic E-state index is 12.2. The minimum absolute atomic E-state index is 0.0987. The maximum atomic E-state index is 12.2. The second-order valence-corrected chi connectivity index (χ2v) is 4.33. The second kappa shape index (κ2) is 5.52. The van der Waals surface area contributed by atoms with Crippen LogP contribution < -0.4 is 0 Å². The summed E-state index contributed by atoms with van der Waals surface area (Å²) in [6.07, 6.45) is 3.44. The number of aryl methyl sites for hydroxylation is 1. The first-order chi connectivity index (χ1) is 9.49. The van der Waals surface area contributed by atoms with Crippen LogP contribution in [0.15, 0.2) is 30.6 Å². The van der Waals surface area contributed by atoms with Crippen molar-refractivity contribution in [1.82, 2.24) is 19.4 Å². The molecule has 104 valence electrons. The van der Waals surface area contributed by atoms with Crippen LogP contribution in [0.1, 0.15) is 26.8 Å². The van der Waals surface area contributed by atoms with Gasteiger partial charge in [-0.25, -0.2) is 14.8 Å². The number of carbonyl (C=O) groups excluding carboxylic acids is 1. The first kappa shape index (κ1) is 13.7. The van der Waals surface area contributed by atoms with Gasteiger partial charge in [0, 0.05) is 26.5 Å². The van der Waals surface area contributed by atoms with E-state index in [1.807, 2.05) is 11.6 Å². The molecule has 0 saturated heterocycles. The van der Waals surface area contributed by atoms with Crippen molar-refractivity contribution in [3.63, 3.8) is 0 Å². The van der Waals surface area contributed by atoms with Crippen molar-refractivity contribution in [3.05, 3.63) is 47.8 Å². The van der Waals surface area contributed by atoms with E-state index in [0.29, 0.717) is 6.54 Å². The lowest BCUT2D eigenvalue weighted by Crippen LogP contribution is -2.28. The molecular formula is C13H14N4O3. The molecule has 2 aromatic heterocycles. The van der Waals surface area contributed by atoms with Crippen molar-refractivity contribution in [1.29, 1.82) is 0 Å². The Hall–Kier alpha value is -2.70. The molecule has 2 aromatic rings. The Morgan fingerprint density at radius 3 is 2.65 bits per heavy atom. The molecule has 0 spiro atoms. The van der Waals surface area contributed by atoms with Crippen molar-refractivity contribution in [2.75, 3.05) is 7.05 Å². The summed E-state index contributed by atoms with van der Waals surface area (Å²) in [6, 6.07) is 4.33. The fourth-order valence-corrected chi connectivity index (χ4v) is 1.70. The molecule has 0 saturated carbocycles. The fraction of sp³-hybridized carbons (Fsp3) is 0.231. The zero-order valence-electron chi connectivity index (χ0n) is 11.1. The van der Waals surface area contributed by atoms with E-state index in [-0.39, 0.29) is 17.3 Å². The Kier molecular flexibility index (Phi) is 3.79. The van der Waals surface area contributed by atoms with E-state index >= 15 is 0 Å². The Labute approximate surface area is 115 Å². The zero-order chi connectivity index (χ0) is 14.7. The molecule has 20 heavy (non-hydrogen) atoms. The van der Waals surface area contributed by atoms with Crippen LogP contribution in [0.4, 0.5) is 0 Å². The lowest BCUT2D eigenvalue weighted by atomic mass is 10.2. The third-order valence-corrected chi connectivity index (χ3v) is 2.83. The normalized spacial score (nSPS) is 10.3. The van der Waals surface area contributed by atoms with E-state index in [1.165, 1.54) is 23.1 Å². The summed E-state index contributed by atoms with van der Waals surface area (Å²) in [5, 5.41) is 8.87. The quantitative estimate of drug-likeness (QED) is 0.890. The van der Waals surface area contributed by atoms with E-state index in [9.17, 15) is 9.59 Å². The number of hydrogen-bond acceptors (Lipinski definition) is 4. The largest absolute Gasteiger partial charge is 0.477 e. The summed E-state index contributed by atoms with van der Waals surface area (Å²) in [5.74, 6) is -0.780. The number of pyridine rings is 1. The predicted molar refractivity (Wildman–Crippen MR) is 70.2 cm³/mol. The van der Waals surface area contributed by atoms with Crippen LogP contribution in [-0.4, -0.2) is 43.5 Å². The standard InChI is InChI=1S/C13H14N4O3/c1-16-7-6-14-11(16)8-17(2)12(18)9-4-3-5-10(15-9)13(19)20/h3-7H,8H2,1-2H3,(H,19,20). The summed E-state index contributed by atoms with van der Waals surface area (Å²) >= 11 is 0. The summed E-state index contributed by atoms with van der Waals surface area (Å²) < 4.78 is 1.81. The van der Waals surface area contributed by atoms with Crippen LogP contribution in [0, 0.1) is 0 Å². The summed E-state index contributed by atoms with van der Waals surface area (Å²) in [4.78, 5) is 32.4. The zero-order valence-corrected chi connectivity index (χ0v) is 11.1. The van der Waals surface area contributed by atoms with Crippen molar-refractivity contribution >= 4 is 11.9 Å². The van der Waals surface area contributed by atoms with Gasteiger partial charge >= 0.3 is 5.97 Å². The highest BCUT2D eigenvalue weighted by molar-refractivity contribution is 5.94. The summed E-state index contributed by atoms with van der Waals surface area (Å²) in [7, 11) is 3.45. The van der Waals surface area contributed by atoms with Gasteiger partial charge in [-0.2, -0.15) is 0 Å². The minimum Gasteiger partial charge on any atom is -0.477 e. The average Bonchev–Trinajstić information content (AvgIpc) is 2.83. The maximum Gasteiger partial charge on any atom is 0.354 e. The number of aromatic carboxylic acids is 1. The van der Waals surface area contributed by atoms with E-state index in [0.717, 1.165) is 5.82 Å². The van der Waals surface area contributed by atoms with Gasteiger partial charge in [0.05, 0.1) is 6.54 Å². The van der Waals surface area contributed by atoms with Crippen molar-refractivity contribution in [3.8, 4) is 0 Å². The van der Waals surface area contributed by atoms with Gasteiger partial charge in [0.1, 0.15) is 17.2 Å². The van der Waals surface area contributed by atoms with E-state index in [1.54, 1.807) is 19.4 Å². The molecule has 0 radical (unpaired) electrons. The molecule has 0 aliphatic rings. The molecule has 7 heteroatoms. The number of amides is 1. The Bertz CT molecular complexity index is 651. The SMILES string of the molecule is CN(Cc1nccn1C)C(=O)c1cccc(C(=O)O)n1. The molecule has 0 fully saturated rings. The van der Waals surface area contributed by atoms with Gasteiger partial charge in [-0.05, 0) is 12.1 Å². The van der Waals surface area contributed by atoms with E-state index < -0.39 is 5.97 Å². The minimum atomic E-state index is -1.16. The third-order valence-electron chi connectivity index (χ3n) is 2.83. The van der Waals surface area contributed by atoms with Gasteiger partial charge in [0.25, 0.3) is 5.91 Å². The molecule has 0 aliphatic carbocycles. The number of imidazole rings is 1. The third kappa shape index (κ3) is 2.82. The molecule has 0 atom stereocenters. The highest BCUT2D eigenvalue weighted by Crippen LogP contribution is 2.06. The van der Waals surface area contributed by atoms with Gasteiger partial charge in [-0.15, -0.1) is 0 Å². The molecule has 1 amide bonds. The van der Waals surface area contributed by atoms with Gasteiger partial charge in [0.2, 0.25) is 0 Å². The monoisotopic (exact) mass is 274 g/mol. The van der Waals surface area contributed by atoms with Gasteiger partial charge in [-0.1, -0.05) is 6.07 Å². The van der Waals surface area contributed by atoms with Gasteiger partial charge in [0.15, 0.2) is 0 Å². The lowest BCUT2D eigenvalue weighted by Gasteiger charge is -2.16. The van der Waals surface area contributed by atoms with Gasteiger partial charge < -0.3 is 14.6 Å². The first-order valence-corrected chi connectivity index (χ1v) is 5.91. The first-order valence-electron chi connectivity index (χ1n) is 5.91. The summed E-state index contributed by atoms with van der Waals surface area (Å²) in [6.45, 7) is 0.321. The molecule has 0 bridgehead atoms. The number of rotatable bonds is 4. The highest BCUT2D eigenvalue weighted by Gasteiger charge is 2.16. The second-order valence-electron chi connectivity index (χ2n) is 4.33. The van der Waals surface area contributed by atoms with E-state index in [4.69, 9.17) is 5.11 Å². The van der Waals surface area contributed by atoms with Crippen LogP contribution in [0.2, 0.25) is 0 Å². The Balaban J connectivity index is 2.16. The number of carbonyl (C=O) groups is 2. The molecule has 0 aromatic carbocycles. The smallest absolute Gasteiger partial charge is 0.354 e. The van der Waals surface area contributed by atoms with Crippen LogP contribution >= 0.6 is 0 Å². The molecule has 7 nitrogen and oxygen atoms in total. The molecule has 2 heterocycles. The number of carboxylic acid groups (broad SMARTS) is 1. The van der Waals surface area contributed by atoms with Gasteiger partial charge in [-0.3, -0.25) is 4.79 Å². The van der Waals surface area contributed by atoms with Crippen molar-refractivity contribution in [2.24, 2.45) is 7.05 Å². The molecule has 0 unspecified atom stereocenters. The van der Waals surface area contributed by atoms with Crippen molar-refractivity contribution in [2.45, 2.75) is 6.54 Å². The topological polar surface area (TPSA) is 88.3 Å². The molecule has 2 rings (SSSR count). The van der Waals surface area contributed by atoms with Crippen molar-refractivity contribution < 1.29 is 14.7 Å². The predicted octanol–water partition coefficient (Wildman–Crippen LogP) is 0.786. The Morgan fingerprint density at radius 1 is 1.35 bits per heavy atom. The Morgan fingerprint density at radius 2 is 2.05 bits per heavy atom. The lowest BCUT2D eigenvalue weighted by molar-refractivity contribution is 0.0690. The average molecular weight is 274 g/mol. The van der Waals surface area contributed by atoms with Crippen LogP contribution in [0.25, 0.3) is 0 Å². The summed E-state index contributed by atoms with van der Waals surface area (Å²) in [5.41, 5.74) is -0.0529. The molecule has 0 aliphatic heterocycles. The van der Waals surface area contributed by atoms with Crippen LogP contribution in [-0.2, 0) is 13.6 Å². The molecule has 1 N–H and O–H groups in total. The van der Waals surface area contributed by atoms with Crippen LogP contribution in [0.3, 0.4) is 0 Å². The van der Waals surface area contributed by atoms with E-state index in [2.05, 4.69) is 9.97 Å². The molecular weight excluding hydrogens is 260 g/mol. The number of hydrogen-bond donors (Lipinski definition) is 1. The fourth-order valence-electron chi connectivity index (χ4n) is 1.70. The number of nitrogens with zero attached hydrogens (tertiary/aromatic N) is 4. The number of aromatic nitrogens is 3. The number of carboxylic acids is 1.